The first-order valence-electron chi connectivity index (χ1n) is 12.2. The van der Waals surface area contributed by atoms with Crippen molar-refractivity contribution in [1.29, 1.82) is 0 Å². The summed E-state index contributed by atoms with van der Waals surface area (Å²) in [5.41, 5.74) is 0.811. The van der Waals surface area contributed by atoms with Crippen molar-refractivity contribution in [2.24, 2.45) is 11.8 Å². The Labute approximate surface area is 209 Å². The molecular formula is C25H34N4O7. The number of amides is 2. The van der Waals surface area contributed by atoms with Gasteiger partial charge in [0.2, 0.25) is 11.7 Å². The number of nitrogens with one attached hydrogen (secondary N) is 2. The Balaban J connectivity index is 1.66. The van der Waals surface area contributed by atoms with Gasteiger partial charge < -0.3 is 24.5 Å². The van der Waals surface area contributed by atoms with Crippen molar-refractivity contribution in [1.82, 2.24) is 20.4 Å². The number of ketones is 1. The molecular weight excluding hydrogens is 468 g/mol. The van der Waals surface area contributed by atoms with Gasteiger partial charge in [-0.2, -0.15) is 4.68 Å². The topological polar surface area (TPSA) is 142 Å². The van der Waals surface area contributed by atoms with E-state index in [-0.39, 0.29) is 31.4 Å². The minimum absolute atomic E-state index is 0.0557. The number of hydrogen-bond donors (Lipinski definition) is 2. The maximum absolute atomic E-state index is 13.1. The molecule has 1 aliphatic carbocycles. The van der Waals surface area contributed by atoms with Crippen LogP contribution < -0.4 is 16.4 Å². The van der Waals surface area contributed by atoms with Gasteiger partial charge in [0.05, 0.1) is 12.6 Å². The molecule has 0 bridgehead atoms. The second kappa shape index (κ2) is 13.0. The fraction of sp³-hybridized carbons (Fsp3) is 0.560. The van der Waals surface area contributed by atoms with Crippen molar-refractivity contribution in [3.8, 4) is 0 Å². The average Bonchev–Trinajstić information content (AvgIpc) is 3.60. The molecule has 1 aliphatic rings. The summed E-state index contributed by atoms with van der Waals surface area (Å²) in [7, 11) is 1.47. The van der Waals surface area contributed by atoms with Gasteiger partial charge in [-0.15, -0.1) is 5.10 Å². The Hall–Kier alpha value is -3.47. The maximum atomic E-state index is 13.1. The summed E-state index contributed by atoms with van der Waals surface area (Å²) in [6, 6.07) is 7.17. The van der Waals surface area contributed by atoms with Crippen LogP contribution in [0.25, 0.3) is 0 Å². The molecule has 0 saturated heterocycles. The van der Waals surface area contributed by atoms with Crippen molar-refractivity contribution in [2.45, 2.75) is 64.8 Å². The fourth-order valence-corrected chi connectivity index (χ4v) is 3.60. The minimum Gasteiger partial charge on any atom is -0.445 e. The van der Waals surface area contributed by atoms with Crippen molar-refractivity contribution in [3.05, 3.63) is 52.3 Å². The second-order valence-corrected chi connectivity index (χ2v) is 9.39. The van der Waals surface area contributed by atoms with Gasteiger partial charge in [-0.05, 0) is 43.1 Å². The van der Waals surface area contributed by atoms with Crippen LogP contribution in [0.3, 0.4) is 0 Å². The van der Waals surface area contributed by atoms with Crippen LogP contribution in [0, 0.1) is 11.8 Å². The SMILES string of the molecule is COCCC(NC(=O)C(CC(C)C)NC(=O)OCc1ccccc1)C(=O)c1nn(CC2CC2)c(=O)o1. The molecule has 1 heterocycles. The van der Waals surface area contributed by atoms with Crippen LogP contribution in [0.1, 0.15) is 55.8 Å². The van der Waals surface area contributed by atoms with Gasteiger partial charge in [0.1, 0.15) is 12.6 Å². The Kier molecular flexibility index (Phi) is 9.80. The first-order valence-corrected chi connectivity index (χ1v) is 12.2. The molecule has 2 unspecified atom stereocenters. The van der Waals surface area contributed by atoms with Gasteiger partial charge in [-0.3, -0.25) is 9.59 Å². The largest absolute Gasteiger partial charge is 0.445 e. The van der Waals surface area contributed by atoms with E-state index >= 15 is 0 Å². The molecule has 2 atom stereocenters. The number of Topliss-reactive ketones (excluding diaryl/α,β-unsaturated/α-hetero) is 1. The highest BCUT2D eigenvalue weighted by Crippen LogP contribution is 2.29. The molecule has 11 nitrogen and oxygen atoms in total. The van der Waals surface area contributed by atoms with Crippen molar-refractivity contribution < 1.29 is 28.3 Å². The van der Waals surface area contributed by atoms with Crippen LogP contribution in [0.4, 0.5) is 4.79 Å². The normalized spacial score (nSPS) is 14.8. The minimum atomic E-state index is -1.05. The fourth-order valence-electron chi connectivity index (χ4n) is 3.60. The van der Waals surface area contributed by atoms with Crippen LogP contribution in [-0.4, -0.2) is 53.4 Å². The monoisotopic (exact) mass is 502 g/mol. The van der Waals surface area contributed by atoms with E-state index in [0.717, 1.165) is 23.1 Å². The van der Waals surface area contributed by atoms with Gasteiger partial charge >= 0.3 is 11.8 Å². The lowest BCUT2D eigenvalue weighted by molar-refractivity contribution is -0.124. The summed E-state index contributed by atoms with van der Waals surface area (Å²) < 4.78 is 16.6. The van der Waals surface area contributed by atoms with Gasteiger partial charge in [-0.25, -0.2) is 9.59 Å². The van der Waals surface area contributed by atoms with Crippen LogP contribution in [0.15, 0.2) is 39.5 Å². The van der Waals surface area contributed by atoms with Crippen molar-refractivity contribution in [3.63, 3.8) is 0 Å². The smallest absolute Gasteiger partial charge is 0.437 e. The summed E-state index contributed by atoms with van der Waals surface area (Å²) in [5, 5.41) is 9.28. The maximum Gasteiger partial charge on any atom is 0.437 e. The van der Waals surface area contributed by atoms with E-state index in [1.807, 2.05) is 44.2 Å². The standard InChI is InChI=1S/C25H34N4O7/c1-16(2)13-20(27-24(32)35-15-18-7-5-4-6-8-18)22(31)26-19(11-12-34-3)21(30)23-28-29(25(33)36-23)14-17-9-10-17/h4-8,16-17,19-20H,9-15H2,1-3H3,(H,26,31)(H,27,32). The van der Waals surface area contributed by atoms with Gasteiger partial charge in [0.25, 0.3) is 5.89 Å². The molecule has 1 fully saturated rings. The summed E-state index contributed by atoms with van der Waals surface area (Å²) in [6.45, 7) is 4.44. The van der Waals surface area contributed by atoms with E-state index in [0.29, 0.717) is 18.9 Å². The Morgan fingerprint density at radius 2 is 1.86 bits per heavy atom. The predicted molar refractivity (Wildman–Crippen MR) is 129 cm³/mol. The average molecular weight is 503 g/mol. The third-order valence-corrected chi connectivity index (χ3v) is 5.72. The van der Waals surface area contributed by atoms with E-state index < -0.39 is 35.6 Å². The molecule has 1 aromatic carbocycles. The van der Waals surface area contributed by atoms with Crippen molar-refractivity contribution >= 4 is 17.8 Å². The molecule has 0 aliphatic heterocycles. The molecule has 11 heteroatoms. The summed E-state index contributed by atoms with van der Waals surface area (Å²) in [5.74, 6) is -1.83. The zero-order valence-electron chi connectivity index (χ0n) is 20.9. The molecule has 3 rings (SSSR count). The molecule has 1 aromatic heterocycles. The first-order chi connectivity index (χ1) is 17.3. The third kappa shape index (κ3) is 8.33. The first kappa shape index (κ1) is 27.1. The summed E-state index contributed by atoms with van der Waals surface area (Å²) in [6.07, 6.45) is 1.72. The van der Waals surface area contributed by atoms with E-state index in [9.17, 15) is 19.2 Å². The van der Waals surface area contributed by atoms with Crippen LogP contribution in [-0.2, 0) is 27.4 Å². The third-order valence-electron chi connectivity index (χ3n) is 5.72. The van der Waals surface area contributed by atoms with Gasteiger partial charge in [0, 0.05) is 13.7 Å². The number of alkyl carbamates (subject to hydrolysis) is 1. The number of carbonyl (C=O) groups excluding carboxylic acids is 3. The molecule has 2 N–H and O–H groups in total. The number of methoxy groups -OCH3 is 1. The highest BCUT2D eigenvalue weighted by molar-refractivity contribution is 5.99. The highest BCUT2D eigenvalue weighted by atomic mass is 16.5. The number of hydrogen-bond acceptors (Lipinski definition) is 8. The van der Waals surface area contributed by atoms with E-state index in [2.05, 4.69) is 15.7 Å². The molecule has 0 spiro atoms. The molecule has 36 heavy (non-hydrogen) atoms. The van der Waals surface area contributed by atoms with Gasteiger partial charge in [-0.1, -0.05) is 44.2 Å². The van der Waals surface area contributed by atoms with E-state index in [1.54, 1.807) is 0 Å². The van der Waals surface area contributed by atoms with Crippen LogP contribution in [0.2, 0.25) is 0 Å². The van der Waals surface area contributed by atoms with Crippen LogP contribution in [0.5, 0.6) is 0 Å². The summed E-state index contributed by atoms with van der Waals surface area (Å²) in [4.78, 5) is 50.7. The number of aromatic nitrogens is 2. The Morgan fingerprint density at radius 3 is 2.50 bits per heavy atom. The number of nitrogens with zero attached hydrogens (tertiary/aromatic N) is 2. The lowest BCUT2D eigenvalue weighted by Crippen LogP contribution is -2.52. The number of carbonyl (C=O) groups is 3. The highest BCUT2D eigenvalue weighted by Gasteiger charge is 2.32. The van der Waals surface area contributed by atoms with Crippen LogP contribution >= 0.6 is 0 Å². The molecule has 196 valence electrons. The molecule has 1 saturated carbocycles. The lowest BCUT2D eigenvalue weighted by atomic mass is 10.0. The summed E-state index contributed by atoms with van der Waals surface area (Å²) >= 11 is 0. The zero-order valence-corrected chi connectivity index (χ0v) is 20.9. The number of ether oxygens (including phenoxy) is 2. The quantitative estimate of drug-likeness (QED) is 0.375. The molecule has 0 radical (unpaired) electrons. The zero-order chi connectivity index (χ0) is 26.1. The molecule has 2 amide bonds. The molecule has 2 aromatic rings. The number of rotatable bonds is 14. The van der Waals surface area contributed by atoms with E-state index in [4.69, 9.17) is 13.9 Å². The Morgan fingerprint density at radius 1 is 1.14 bits per heavy atom. The number of benzene rings is 1. The van der Waals surface area contributed by atoms with Crippen molar-refractivity contribution in [2.75, 3.05) is 13.7 Å². The second-order valence-electron chi connectivity index (χ2n) is 9.39. The predicted octanol–water partition coefficient (Wildman–Crippen LogP) is 2.29. The van der Waals surface area contributed by atoms with Gasteiger partial charge in [0.15, 0.2) is 0 Å². The lowest BCUT2D eigenvalue weighted by Gasteiger charge is -2.23. The Bertz CT molecular complexity index is 1080. The van der Waals surface area contributed by atoms with E-state index in [1.165, 1.54) is 7.11 Å².